The van der Waals surface area contributed by atoms with E-state index in [1.54, 1.807) is 0 Å². The first-order valence-electron chi connectivity index (χ1n) is 6.66. The highest BCUT2D eigenvalue weighted by atomic mass is 16.4. The van der Waals surface area contributed by atoms with E-state index in [4.69, 9.17) is 10.2 Å². The number of piperazine rings is 1. The summed E-state index contributed by atoms with van der Waals surface area (Å²) in [6.45, 7) is 5.60. The first kappa shape index (κ1) is 16.2. The smallest absolute Gasteiger partial charge is 0.326 e. The molecule has 3 N–H and O–H groups in total. The summed E-state index contributed by atoms with van der Waals surface area (Å²) in [4.78, 5) is 37.1. The second-order valence-electron chi connectivity index (χ2n) is 4.77. The number of amides is 2. The number of hydrogen-bond donors (Lipinski definition) is 3. The maximum Gasteiger partial charge on any atom is 0.326 e. The Morgan fingerprint density at radius 3 is 2.20 bits per heavy atom. The quantitative estimate of drug-likeness (QED) is 0.616. The monoisotopic (exact) mass is 287 g/mol. The molecule has 0 bridgehead atoms. The van der Waals surface area contributed by atoms with Gasteiger partial charge < -0.3 is 20.4 Å². The van der Waals surface area contributed by atoms with Crippen LogP contribution in [0, 0.1) is 0 Å². The topological polar surface area (TPSA) is 110 Å². The van der Waals surface area contributed by atoms with E-state index in [0.29, 0.717) is 13.1 Å². The Morgan fingerprint density at radius 2 is 1.75 bits per heavy atom. The van der Waals surface area contributed by atoms with Gasteiger partial charge in [0.05, 0.1) is 6.42 Å². The molecular formula is C12H21N3O5. The van der Waals surface area contributed by atoms with Gasteiger partial charge in [-0.15, -0.1) is 0 Å². The van der Waals surface area contributed by atoms with E-state index >= 15 is 0 Å². The molecule has 1 rings (SSSR count). The summed E-state index contributed by atoms with van der Waals surface area (Å²) in [6.07, 6.45) is 0.419. The zero-order valence-corrected chi connectivity index (χ0v) is 11.5. The van der Waals surface area contributed by atoms with Crippen LogP contribution in [0.5, 0.6) is 0 Å². The molecule has 0 saturated carbocycles. The third-order valence-corrected chi connectivity index (χ3v) is 3.17. The van der Waals surface area contributed by atoms with Gasteiger partial charge in [-0.3, -0.25) is 9.69 Å². The molecule has 0 aliphatic carbocycles. The van der Waals surface area contributed by atoms with Gasteiger partial charge >= 0.3 is 18.0 Å². The molecule has 8 heteroatoms. The van der Waals surface area contributed by atoms with Gasteiger partial charge in [0.15, 0.2) is 0 Å². The van der Waals surface area contributed by atoms with Crippen LogP contribution >= 0.6 is 0 Å². The lowest BCUT2D eigenvalue weighted by atomic mass is 10.2. The van der Waals surface area contributed by atoms with Crippen LogP contribution in [0.3, 0.4) is 0 Å². The second kappa shape index (κ2) is 7.68. The number of carboxylic acids is 2. The first-order chi connectivity index (χ1) is 9.43. The molecule has 0 unspecified atom stereocenters. The highest BCUT2D eigenvalue weighted by Crippen LogP contribution is 2.04. The molecule has 1 saturated heterocycles. The summed E-state index contributed by atoms with van der Waals surface area (Å²) in [6, 6.07) is -1.91. The Morgan fingerprint density at radius 1 is 1.15 bits per heavy atom. The maximum atomic E-state index is 11.9. The van der Waals surface area contributed by atoms with Crippen molar-refractivity contribution in [3.63, 3.8) is 0 Å². The molecule has 1 atom stereocenters. The summed E-state index contributed by atoms with van der Waals surface area (Å²) in [5.74, 6) is -2.60. The van der Waals surface area contributed by atoms with E-state index in [9.17, 15) is 14.4 Å². The van der Waals surface area contributed by atoms with Crippen LogP contribution in [0.15, 0.2) is 0 Å². The number of urea groups is 1. The van der Waals surface area contributed by atoms with E-state index < -0.39 is 30.4 Å². The minimum Gasteiger partial charge on any atom is -0.481 e. The summed E-state index contributed by atoms with van der Waals surface area (Å²) in [5, 5.41) is 19.7. The number of rotatable bonds is 6. The molecule has 1 aliphatic heterocycles. The molecule has 0 spiro atoms. The highest BCUT2D eigenvalue weighted by molar-refractivity contribution is 5.86. The van der Waals surface area contributed by atoms with E-state index in [-0.39, 0.29) is 0 Å². The molecule has 1 fully saturated rings. The molecule has 1 heterocycles. The van der Waals surface area contributed by atoms with Gasteiger partial charge in [-0.25, -0.2) is 9.59 Å². The third-order valence-electron chi connectivity index (χ3n) is 3.17. The van der Waals surface area contributed by atoms with Crippen LogP contribution in [-0.2, 0) is 9.59 Å². The number of nitrogens with one attached hydrogen (secondary N) is 1. The first-order valence-corrected chi connectivity index (χ1v) is 6.66. The average Bonchev–Trinajstić information content (AvgIpc) is 2.38. The summed E-state index contributed by atoms with van der Waals surface area (Å²) in [5.41, 5.74) is 0. The Labute approximate surface area is 117 Å². The van der Waals surface area contributed by atoms with Crippen molar-refractivity contribution in [3.8, 4) is 0 Å². The number of carboxylic acid groups (broad SMARTS) is 2. The summed E-state index contributed by atoms with van der Waals surface area (Å²) in [7, 11) is 0. The fraction of sp³-hybridized carbons (Fsp3) is 0.750. The molecule has 0 aromatic rings. The molecule has 0 aromatic carbocycles. The Hall–Kier alpha value is -1.83. The van der Waals surface area contributed by atoms with E-state index in [1.807, 2.05) is 0 Å². The van der Waals surface area contributed by atoms with E-state index in [1.165, 1.54) is 4.90 Å². The lowest BCUT2D eigenvalue weighted by molar-refractivity contribution is -0.145. The lowest BCUT2D eigenvalue weighted by Gasteiger charge is -2.34. The molecule has 0 aromatic heterocycles. The van der Waals surface area contributed by atoms with Crippen LogP contribution in [-0.4, -0.2) is 76.7 Å². The van der Waals surface area contributed by atoms with Crippen molar-refractivity contribution in [1.29, 1.82) is 0 Å². The number of hydrogen-bond acceptors (Lipinski definition) is 4. The zero-order chi connectivity index (χ0) is 15.1. The van der Waals surface area contributed by atoms with E-state index in [2.05, 4.69) is 17.1 Å². The Balaban J connectivity index is 2.45. The largest absolute Gasteiger partial charge is 0.481 e. The van der Waals surface area contributed by atoms with Crippen LogP contribution in [0.2, 0.25) is 0 Å². The number of carbonyl (C=O) groups is 3. The predicted octanol–water partition coefficient (Wildman–Crippen LogP) is -0.348. The molecule has 114 valence electrons. The maximum absolute atomic E-state index is 11.9. The van der Waals surface area contributed by atoms with Crippen LogP contribution in [0.25, 0.3) is 0 Å². The zero-order valence-electron chi connectivity index (χ0n) is 11.5. The van der Waals surface area contributed by atoms with Gasteiger partial charge in [-0.2, -0.15) is 0 Å². The SMILES string of the molecule is CCCN1CCN(C(=O)N[C@@H](CC(=O)O)C(=O)O)CC1. The minimum atomic E-state index is -1.39. The fourth-order valence-corrected chi connectivity index (χ4v) is 2.11. The molecule has 1 aliphatic rings. The van der Waals surface area contributed by atoms with Gasteiger partial charge in [-0.1, -0.05) is 6.92 Å². The number of aliphatic carboxylic acids is 2. The van der Waals surface area contributed by atoms with Crippen molar-refractivity contribution in [2.75, 3.05) is 32.7 Å². The van der Waals surface area contributed by atoms with Crippen molar-refractivity contribution in [2.45, 2.75) is 25.8 Å². The van der Waals surface area contributed by atoms with Crippen molar-refractivity contribution in [3.05, 3.63) is 0 Å². The second-order valence-corrected chi connectivity index (χ2v) is 4.77. The predicted molar refractivity (Wildman–Crippen MR) is 70.5 cm³/mol. The molecule has 20 heavy (non-hydrogen) atoms. The van der Waals surface area contributed by atoms with Gasteiger partial charge in [-0.05, 0) is 13.0 Å². The molecular weight excluding hydrogens is 266 g/mol. The summed E-state index contributed by atoms with van der Waals surface area (Å²) >= 11 is 0. The fourth-order valence-electron chi connectivity index (χ4n) is 2.11. The van der Waals surface area contributed by atoms with Gasteiger partial charge in [0.25, 0.3) is 0 Å². The third kappa shape index (κ3) is 5.04. The molecule has 2 amide bonds. The van der Waals surface area contributed by atoms with Crippen molar-refractivity contribution >= 4 is 18.0 Å². The Bertz CT molecular complexity index is 366. The average molecular weight is 287 g/mol. The highest BCUT2D eigenvalue weighted by Gasteiger charge is 2.27. The van der Waals surface area contributed by atoms with Crippen molar-refractivity contribution in [1.82, 2.24) is 15.1 Å². The van der Waals surface area contributed by atoms with Crippen LogP contribution in [0.4, 0.5) is 4.79 Å². The lowest BCUT2D eigenvalue weighted by Crippen LogP contribution is -2.55. The van der Waals surface area contributed by atoms with Crippen molar-refractivity contribution < 1.29 is 24.6 Å². The van der Waals surface area contributed by atoms with Gasteiger partial charge in [0.1, 0.15) is 6.04 Å². The van der Waals surface area contributed by atoms with Gasteiger partial charge in [0, 0.05) is 26.2 Å². The number of nitrogens with zero attached hydrogens (tertiary/aromatic N) is 2. The molecule has 8 nitrogen and oxygen atoms in total. The Kier molecular flexibility index (Phi) is 6.23. The van der Waals surface area contributed by atoms with Gasteiger partial charge in [0.2, 0.25) is 0 Å². The minimum absolute atomic E-state index is 0.519. The van der Waals surface area contributed by atoms with E-state index in [0.717, 1.165) is 26.1 Å². The standard InChI is InChI=1S/C12H21N3O5/c1-2-3-14-4-6-15(7-5-14)12(20)13-9(11(18)19)8-10(16)17/h9H,2-8H2,1H3,(H,13,20)(H,16,17)(H,18,19)/t9-/m0/s1. The van der Waals surface area contributed by atoms with Crippen LogP contribution in [0.1, 0.15) is 19.8 Å². The normalized spacial score (nSPS) is 17.6. The van der Waals surface area contributed by atoms with Crippen LogP contribution < -0.4 is 5.32 Å². The number of carbonyl (C=O) groups excluding carboxylic acids is 1. The molecule has 0 radical (unpaired) electrons. The summed E-state index contributed by atoms with van der Waals surface area (Å²) < 4.78 is 0. The van der Waals surface area contributed by atoms with Crippen molar-refractivity contribution in [2.24, 2.45) is 0 Å².